The maximum Gasteiger partial charge on any atom is 0.323 e. The number of H-pyrrole nitrogens is 1. The Bertz CT molecular complexity index is 802. The molecule has 0 saturated carbocycles. The van der Waals surface area contributed by atoms with E-state index in [-0.39, 0.29) is 6.03 Å². The first-order valence-electron chi connectivity index (χ1n) is 7.73. The van der Waals surface area contributed by atoms with Crippen molar-refractivity contribution in [2.45, 2.75) is 33.1 Å². The highest BCUT2D eigenvalue weighted by molar-refractivity contribution is 6.01. The van der Waals surface area contributed by atoms with Crippen LogP contribution >= 0.6 is 0 Å². The Morgan fingerprint density at radius 3 is 2.78 bits per heavy atom. The van der Waals surface area contributed by atoms with Gasteiger partial charge in [-0.2, -0.15) is 9.73 Å². The molecular formula is C16H20N6O. The quantitative estimate of drug-likeness (QED) is 0.675. The zero-order valence-corrected chi connectivity index (χ0v) is 13.3. The van der Waals surface area contributed by atoms with Gasteiger partial charge >= 0.3 is 6.03 Å². The number of carbonyl (C=O) groups excluding carboxylic acids is 1. The SMILES string of the molecule is CCCCc1ccc(NC(=O)Nc2cnn3[nH]c(C)nc23)cc1. The molecular weight excluding hydrogens is 292 g/mol. The summed E-state index contributed by atoms with van der Waals surface area (Å²) in [5.74, 6) is 0.735. The number of anilines is 2. The summed E-state index contributed by atoms with van der Waals surface area (Å²) in [5, 5.41) is 12.6. The van der Waals surface area contributed by atoms with Gasteiger partial charge in [0, 0.05) is 5.69 Å². The molecule has 0 aliphatic carbocycles. The molecule has 0 atom stereocenters. The maximum absolute atomic E-state index is 12.1. The fourth-order valence-electron chi connectivity index (χ4n) is 2.38. The van der Waals surface area contributed by atoms with E-state index in [9.17, 15) is 4.79 Å². The first kappa shape index (κ1) is 15.1. The van der Waals surface area contributed by atoms with Crippen LogP contribution in [0.4, 0.5) is 16.2 Å². The van der Waals surface area contributed by atoms with Crippen LogP contribution in [0.25, 0.3) is 5.65 Å². The zero-order valence-electron chi connectivity index (χ0n) is 13.3. The van der Waals surface area contributed by atoms with Crippen molar-refractivity contribution in [2.24, 2.45) is 0 Å². The molecule has 0 radical (unpaired) electrons. The van der Waals surface area contributed by atoms with Gasteiger partial charge < -0.3 is 10.6 Å². The maximum atomic E-state index is 12.1. The molecule has 1 aromatic carbocycles. The number of urea groups is 1. The fourth-order valence-corrected chi connectivity index (χ4v) is 2.38. The minimum Gasteiger partial charge on any atom is -0.308 e. The molecule has 7 nitrogen and oxygen atoms in total. The summed E-state index contributed by atoms with van der Waals surface area (Å²) in [6, 6.07) is 7.59. The lowest BCUT2D eigenvalue weighted by atomic mass is 10.1. The highest BCUT2D eigenvalue weighted by Gasteiger charge is 2.11. The molecule has 0 aliphatic rings. The van der Waals surface area contributed by atoms with Crippen LogP contribution in [-0.4, -0.2) is 25.8 Å². The van der Waals surface area contributed by atoms with E-state index in [2.05, 4.69) is 32.7 Å². The Kier molecular flexibility index (Phi) is 4.27. The van der Waals surface area contributed by atoms with Crippen molar-refractivity contribution in [2.75, 3.05) is 10.6 Å². The first-order chi connectivity index (χ1) is 11.2. The molecule has 0 spiro atoms. The van der Waals surface area contributed by atoms with E-state index in [0.29, 0.717) is 11.3 Å². The Morgan fingerprint density at radius 1 is 1.26 bits per heavy atom. The van der Waals surface area contributed by atoms with E-state index < -0.39 is 0 Å². The fraction of sp³-hybridized carbons (Fsp3) is 0.312. The number of aryl methyl sites for hydroxylation is 2. The Labute approximate surface area is 134 Å². The molecule has 3 N–H and O–H groups in total. The van der Waals surface area contributed by atoms with Crippen LogP contribution < -0.4 is 10.6 Å². The van der Waals surface area contributed by atoms with Crippen molar-refractivity contribution >= 4 is 23.1 Å². The van der Waals surface area contributed by atoms with Crippen LogP contribution in [0.3, 0.4) is 0 Å². The van der Waals surface area contributed by atoms with Crippen molar-refractivity contribution in [3.05, 3.63) is 41.9 Å². The van der Waals surface area contributed by atoms with Crippen molar-refractivity contribution < 1.29 is 4.79 Å². The standard InChI is InChI=1S/C16H20N6O/c1-3-4-5-12-6-8-13(9-7-12)19-16(23)20-14-10-17-22-15(14)18-11(2)21-22/h6-10H,3-5H2,1-2H3,(H,18,21)(H2,19,20,23). The first-order valence-corrected chi connectivity index (χ1v) is 7.73. The van der Waals surface area contributed by atoms with Crippen LogP contribution in [0.15, 0.2) is 30.5 Å². The average Bonchev–Trinajstić information content (AvgIpc) is 3.07. The summed E-state index contributed by atoms with van der Waals surface area (Å²) in [7, 11) is 0. The molecule has 3 rings (SSSR count). The number of aromatic nitrogens is 4. The molecule has 0 bridgehead atoms. The molecule has 0 aliphatic heterocycles. The number of fused-ring (bicyclic) bond motifs is 1. The molecule has 0 saturated heterocycles. The van der Waals surface area contributed by atoms with Crippen LogP contribution in [0.2, 0.25) is 0 Å². The number of rotatable bonds is 5. The van der Waals surface area contributed by atoms with Crippen LogP contribution in [0.1, 0.15) is 31.2 Å². The van der Waals surface area contributed by atoms with E-state index >= 15 is 0 Å². The second-order valence-electron chi connectivity index (χ2n) is 5.48. The van der Waals surface area contributed by atoms with Gasteiger partial charge in [-0.15, -0.1) is 0 Å². The lowest BCUT2D eigenvalue weighted by Crippen LogP contribution is -2.19. The second kappa shape index (κ2) is 6.51. The van der Waals surface area contributed by atoms with Crippen molar-refractivity contribution in [1.29, 1.82) is 0 Å². The molecule has 23 heavy (non-hydrogen) atoms. The molecule has 7 heteroatoms. The van der Waals surface area contributed by atoms with Gasteiger partial charge in [0.15, 0.2) is 5.65 Å². The van der Waals surface area contributed by atoms with Gasteiger partial charge in [-0.1, -0.05) is 25.5 Å². The number of nitrogens with zero attached hydrogens (tertiary/aromatic N) is 3. The Hall–Kier alpha value is -2.83. The summed E-state index contributed by atoms with van der Waals surface area (Å²) < 4.78 is 1.52. The van der Waals surface area contributed by atoms with Gasteiger partial charge in [-0.25, -0.2) is 9.78 Å². The summed E-state index contributed by atoms with van der Waals surface area (Å²) in [6.07, 6.45) is 4.98. The lowest BCUT2D eigenvalue weighted by Gasteiger charge is -2.07. The number of hydrogen-bond donors (Lipinski definition) is 3. The highest BCUT2D eigenvalue weighted by Crippen LogP contribution is 2.15. The van der Waals surface area contributed by atoms with E-state index in [1.807, 2.05) is 31.2 Å². The molecule has 120 valence electrons. The Balaban J connectivity index is 1.62. The second-order valence-corrected chi connectivity index (χ2v) is 5.48. The monoisotopic (exact) mass is 312 g/mol. The largest absolute Gasteiger partial charge is 0.323 e. The van der Waals surface area contributed by atoms with Gasteiger partial charge in [0.1, 0.15) is 11.5 Å². The van der Waals surface area contributed by atoms with Gasteiger partial charge in [0.2, 0.25) is 0 Å². The molecule has 2 amide bonds. The summed E-state index contributed by atoms with van der Waals surface area (Å²) in [5.41, 5.74) is 3.19. The van der Waals surface area contributed by atoms with Crippen LogP contribution in [-0.2, 0) is 6.42 Å². The third-order valence-corrected chi connectivity index (χ3v) is 3.56. The predicted molar refractivity (Wildman–Crippen MR) is 89.8 cm³/mol. The van der Waals surface area contributed by atoms with Gasteiger partial charge in [0.25, 0.3) is 0 Å². The number of benzene rings is 1. The van der Waals surface area contributed by atoms with Gasteiger partial charge in [-0.05, 0) is 37.5 Å². The van der Waals surface area contributed by atoms with Crippen LogP contribution in [0, 0.1) is 6.92 Å². The predicted octanol–water partition coefficient (Wildman–Crippen LogP) is 3.35. The number of carbonyl (C=O) groups is 1. The van der Waals surface area contributed by atoms with Crippen molar-refractivity contribution in [3.8, 4) is 0 Å². The molecule has 0 unspecified atom stereocenters. The number of unbranched alkanes of at least 4 members (excludes halogenated alkanes) is 1. The minimum absolute atomic E-state index is 0.318. The molecule has 0 fully saturated rings. The molecule has 3 aromatic rings. The number of aromatic amines is 1. The number of amides is 2. The zero-order chi connectivity index (χ0) is 16.2. The van der Waals surface area contributed by atoms with E-state index in [4.69, 9.17) is 0 Å². The summed E-state index contributed by atoms with van der Waals surface area (Å²) in [4.78, 5) is 16.4. The van der Waals surface area contributed by atoms with E-state index in [1.165, 1.54) is 23.0 Å². The average molecular weight is 312 g/mol. The van der Waals surface area contributed by atoms with E-state index in [1.54, 1.807) is 6.20 Å². The Morgan fingerprint density at radius 2 is 2.04 bits per heavy atom. The van der Waals surface area contributed by atoms with E-state index in [0.717, 1.165) is 17.9 Å². The number of hydrogen-bond acceptors (Lipinski definition) is 3. The third kappa shape index (κ3) is 3.50. The normalized spacial score (nSPS) is 10.9. The third-order valence-electron chi connectivity index (χ3n) is 3.56. The molecule has 2 aromatic heterocycles. The van der Waals surface area contributed by atoms with Gasteiger partial charge in [0.05, 0.1) is 6.20 Å². The van der Waals surface area contributed by atoms with Crippen molar-refractivity contribution in [3.63, 3.8) is 0 Å². The van der Waals surface area contributed by atoms with Crippen molar-refractivity contribution in [1.82, 2.24) is 19.8 Å². The minimum atomic E-state index is -0.318. The topological polar surface area (TPSA) is 87.1 Å². The lowest BCUT2D eigenvalue weighted by molar-refractivity contribution is 0.262. The summed E-state index contributed by atoms with van der Waals surface area (Å²) in [6.45, 7) is 4.01. The highest BCUT2D eigenvalue weighted by atomic mass is 16.2. The van der Waals surface area contributed by atoms with Crippen LogP contribution in [0.5, 0.6) is 0 Å². The summed E-state index contributed by atoms with van der Waals surface area (Å²) >= 11 is 0. The number of nitrogens with one attached hydrogen (secondary N) is 3. The smallest absolute Gasteiger partial charge is 0.308 e. The molecule has 2 heterocycles. The van der Waals surface area contributed by atoms with Gasteiger partial charge in [-0.3, -0.25) is 5.10 Å².